The molecule has 1 saturated heterocycles. The average Bonchev–Trinajstić information content (AvgIpc) is 3.04. The molecule has 1 aliphatic rings. The largest absolute Gasteiger partial charge is 0.491 e. The quantitative estimate of drug-likeness (QED) is 0.423. The van der Waals surface area contributed by atoms with Crippen LogP contribution >= 0.6 is 0 Å². The maximum Gasteiger partial charge on any atom is 0.191 e. The highest BCUT2D eigenvalue weighted by molar-refractivity contribution is 7.91. The van der Waals surface area contributed by atoms with Crippen LogP contribution in [-0.4, -0.2) is 51.6 Å². The Bertz CT molecular complexity index is 898. The van der Waals surface area contributed by atoms with E-state index >= 15 is 0 Å². The number of nitrogens with one attached hydrogen (secondary N) is 2. The van der Waals surface area contributed by atoms with Crippen LogP contribution in [0.2, 0.25) is 0 Å². The maximum absolute atomic E-state index is 11.6. The van der Waals surface area contributed by atoms with Gasteiger partial charge in [-0.25, -0.2) is 13.4 Å². The first-order chi connectivity index (χ1) is 13.6. The fraction of sp³-hybridized carbons (Fsp3) is 0.381. The highest BCUT2D eigenvalue weighted by atomic mass is 32.2. The van der Waals surface area contributed by atoms with Crippen LogP contribution < -0.4 is 15.4 Å². The van der Waals surface area contributed by atoms with E-state index < -0.39 is 9.84 Å². The minimum Gasteiger partial charge on any atom is -0.491 e. The molecule has 0 bridgehead atoms. The molecule has 1 fully saturated rings. The van der Waals surface area contributed by atoms with Gasteiger partial charge in [0.25, 0.3) is 0 Å². The zero-order valence-corrected chi connectivity index (χ0v) is 16.9. The molecule has 0 aromatic heterocycles. The normalized spacial score (nSPS) is 18.6. The summed E-state index contributed by atoms with van der Waals surface area (Å²) in [5.41, 5.74) is 2.16. The van der Waals surface area contributed by atoms with E-state index in [0.717, 1.165) is 16.9 Å². The summed E-state index contributed by atoms with van der Waals surface area (Å²) in [4.78, 5) is 4.52. The minimum absolute atomic E-state index is 0.0810. The topological polar surface area (TPSA) is 79.8 Å². The lowest BCUT2D eigenvalue weighted by atomic mass is 10.1. The summed E-state index contributed by atoms with van der Waals surface area (Å²) in [6, 6.07) is 18.0. The second-order valence-corrected chi connectivity index (χ2v) is 8.94. The summed E-state index contributed by atoms with van der Waals surface area (Å²) in [6.07, 6.45) is 0.619. The van der Waals surface area contributed by atoms with Crippen LogP contribution in [0.5, 0.6) is 5.75 Å². The summed E-state index contributed by atoms with van der Waals surface area (Å²) in [5.74, 6) is 1.86. The number of sulfone groups is 1. The molecule has 6 nitrogen and oxygen atoms in total. The molecule has 0 amide bonds. The van der Waals surface area contributed by atoms with E-state index in [1.165, 1.54) is 0 Å². The molecular formula is C21H27N3O3S. The molecule has 2 N–H and O–H groups in total. The van der Waals surface area contributed by atoms with Crippen molar-refractivity contribution in [3.05, 3.63) is 54.6 Å². The molecule has 2 aromatic carbocycles. The second-order valence-electron chi connectivity index (χ2n) is 6.72. The van der Waals surface area contributed by atoms with Gasteiger partial charge >= 0.3 is 0 Å². The van der Waals surface area contributed by atoms with Crippen molar-refractivity contribution in [2.75, 3.05) is 31.2 Å². The molecule has 3 rings (SSSR count). The van der Waals surface area contributed by atoms with Crippen molar-refractivity contribution < 1.29 is 13.2 Å². The first-order valence-electron chi connectivity index (χ1n) is 9.60. The zero-order valence-electron chi connectivity index (χ0n) is 16.1. The Kier molecular flexibility index (Phi) is 6.92. The predicted octanol–water partition coefficient (Wildman–Crippen LogP) is 2.47. The molecule has 0 radical (unpaired) electrons. The number of hydrogen-bond acceptors (Lipinski definition) is 4. The van der Waals surface area contributed by atoms with E-state index in [1.54, 1.807) is 0 Å². The third-order valence-electron chi connectivity index (χ3n) is 4.51. The summed E-state index contributed by atoms with van der Waals surface area (Å²) in [5, 5.41) is 6.37. The van der Waals surface area contributed by atoms with Gasteiger partial charge in [-0.15, -0.1) is 0 Å². The number of ether oxygens (including phenoxy) is 1. The Balaban J connectivity index is 1.58. The molecule has 1 heterocycles. The molecule has 0 saturated carbocycles. The van der Waals surface area contributed by atoms with Gasteiger partial charge in [-0.2, -0.15) is 0 Å². The molecule has 2 aromatic rings. The van der Waals surface area contributed by atoms with Crippen molar-refractivity contribution in [3.8, 4) is 16.9 Å². The zero-order chi connectivity index (χ0) is 19.8. The van der Waals surface area contributed by atoms with Crippen molar-refractivity contribution in [1.29, 1.82) is 0 Å². The molecule has 0 spiro atoms. The fourth-order valence-corrected chi connectivity index (χ4v) is 4.86. The number of nitrogens with zero attached hydrogens (tertiary/aromatic N) is 1. The van der Waals surface area contributed by atoms with Crippen molar-refractivity contribution in [1.82, 2.24) is 10.6 Å². The van der Waals surface area contributed by atoms with Crippen molar-refractivity contribution in [2.24, 2.45) is 4.99 Å². The number of para-hydroxylation sites is 1. The van der Waals surface area contributed by atoms with Gasteiger partial charge in [0, 0.05) is 18.2 Å². The summed E-state index contributed by atoms with van der Waals surface area (Å²) < 4.78 is 29.2. The lowest BCUT2D eigenvalue weighted by Gasteiger charge is -2.16. The van der Waals surface area contributed by atoms with Gasteiger partial charge in [-0.3, -0.25) is 0 Å². The third-order valence-corrected chi connectivity index (χ3v) is 6.28. The first kappa shape index (κ1) is 20.2. The van der Waals surface area contributed by atoms with Crippen LogP contribution in [0.1, 0.15) is 13.3 Å². The summed E-state index contributed by atoms with van der Waals surface area (Å²) in [7, 11) is -2.92. The minimum atomic E-state index is -2.92. The predicted molar refractivity (Wildman–Crippen MR) is 114 cm³/mol. The number of rotatable bonds is 7. The Labute approximate surface area is 167 Å². The van der Waals surface area contributed by atoms with Crippen LogP contribution in [-0.2, 0) is 9.84 Å². The van der Waals surface area contributed by atoms with Gasteiger partial charge in [0.1, 0.15) is 12.4 Å². The van der Waals surface area contributed by atoms with E-state index in [2.05, 4.69) is 27.8 Å². The molecule has 28 heavy (non-hydrogen) atoms. The summed E-state index contributed by atoms with van der Waals surface area (Å²) >= 11 is 0. The van der Waals surface area contributed by atoms with E-state index in [0.29, 0.717) is 32.1 Å². The monoisotopic (exact) mass is 401 g/mol. The second kappa shape index (κ2) is 9.59. The van der Waals surface area contributed by atoms with Crippen molar-refractivity contribution in [3.63, 3.8) is 0 Å². The van der Waals surface area contributed by atoms with E-state index in [1.807, 2.05) is 49.4 Å². The Hall–Kier alpha value is -2.54. The Morgan fingerprint density at radius 2 is 1.89 bits per heavy atom. The van der Waals surface area contributed by atoms with Gasteiger partial charge in [-0.05, 0) is 25.0 Å². The van der Waals surface area contributed by atoms with Crippen LogP contribution in [0.15, 0.2) is 59.6 Å². The highest BCUT2D eigenvalue weighted by Gasteiger charge is 2.28. The van der Waals surface area contributed by atoms with Gasteiger partial charge in [-0.1, -0.05) is 48.5 Å². The molecular weight excluding hydrogens is 374 g/mol. The number of guanidine groups is 1. The molecule has 1 atom stereocenters. The lowest BCUT2D eigenvalue weighted by Crippen LogP contribution is -2.44. The third kappa shape index (κ3) is 5.73. The molecule has 1 unspecified atom stereocenters. The molecule has 1 aliphatic heterocycles. The first-order valence-corrected chi connectivity index (χ1v) is 11.4. The maximum atomic E-state index is 11.6. The smallest absolute Gasteiger partial charge is 0.191 e. The number of benzene rings is 2. The van der Waals surface area contributed by atoms with Crippen LogP contribution in [0.25, 0.3) is 11.1 Å². The Morgan fingerprint density at radius 1 is 1.14 bits per heavy atom. The standard InChI is InChI=1S/C21H27N3O3S/c1-2-22-21(24-18-12-15-28(25,26)16-18)23-13-14-27-20-11-7-6-10-19(20)17-8-4-3-5-9-17/h3-11,18H,2,12-16H2,1H3,(H2,22,23,24). The number of hydrogen-bond donors (Lipinski definition) is 2. The number of aliphatic imine (C=N–C) groups is 1. The molecule has 7 heteroatoms. The van der Waals surface area contributed by atoms with Gasteiger partial charge in [0.2, 0.25) is 0 Å². The van der Waals surface area contributed by atoms with Gasteiger partial charge < -0.3 is 15.4 Å². The average molecular weight is 402 g/mol. The van der Waals surface area contributed by atoms with E-state index in [9.17, 15) is 8.42 Å². The van der Waals surface area contributed by atoms with Crippen LogP contribution in [0.4, 0.5) is 0 Å². The highest BCUT2D eigenvalue weighted by Crippen LogP contribution is 2.29. The van der Waals surface area contributed by atoms with Crippen molar-refractivity contribution in [2.45, 2.75) is 19.4 Å². The lowest BCUT2D eigenvalue weighted by molar-refractivity contribution is 0.329. The van der Waals surface area contributed by atoms with Crippen molar-refractivity contribution >= 4 is 15.8 Å². The fourth-order valence-electron chi connectivity index (χ4n) is 3.18. The van der Waals surface area contributed by atoms with Gasteiger partial charge in [0.05, 0.1) is 18.1 Å². The molecule has 150 valence electrons. The van der Waals surface area contributed by atoms with Crippen LogP contribution in [0, 0.1) is 0 Å². The van der Waals surface area contributed by atoms with E-state index in [4.69, 9.17) is 4.74 Å². The summed E-state index contributed by atoms with van der Waals surface area (Å²) in [6.45, 7) is 3.60. The van der Waals surface area contributed by atoms with Gasteiger partial charge in [0.15, 0.2) is 15.8 Å². The SMILES string of the molecule is CCNC(=NCCOc1ccccc1-c1ccccc1)NC1CCS(=O)(=O)C1. The molecule has 0 aliphatic carbocycles. The Morgan fingerprint density at radius 3 is 2.61 bits per heavy atom. The van der Waals surface area contributed by atoms with Crippen LogP contribution in [0.3, 0.4) is 0 Å². The van der Waals surface area contributed by atoms with E-state index in [-0.39, 0.29) is 17.5 Å².